The van der Waals surface area contributed by atoms with Crippen LogP contribution in [0, 0.1) is 0 Å². The summed E-state index contributed by atoms with van der Waals surface area (Å²) in [5.41, 5.74) is 9.87. The number of imidazole rings is 1. The number of carbonyl (C=O) groups excluding carboxylic acids is 1. The lowest BCUT2D eigenvalue weighted by atomic mass is 10.2. The minimum absolute atomic E-state index is 0.252. The summed E-state index contributed by atoms with van der Waals surface area (Å²) in [6.07, 6.45) is 5.11. The Hall–Kier alpha value is -3.75. The molecule has 2 N–H and O–H groups in total. The Morgan fingerprint density at radius 3 is 2.53 bits per heavy atom. The van der Waals surface area contributed by atoms with Gasteiger partial charge in [-0.25, -0.2) is 4.79 Å². The Kier molecular flexibility index (Phi) is 5.96. The second-order valence-electron chi connectivity index (χ2n) is 11.6. The van der Waals surface area contributed by atoms with Crippen molar-refractivity contribution in [1.29, 1.82) is 0 Å². The summed E-state index contributed by atoms with van der Waals surface area (Å²) >= 11 is 0. The molecular formula is C29H36N6O3. The second kappa shape index (κ2) is 9.22. The van der Waals surface area contributed by atoms with E-state index in [-0.39, 0.29) is 11.7 Å². The van der Waals surface area contributed by atoms with Crippen LogP contribution in [-0.2, 0) is 4.74 Å². The maximum Gasteiger partial charge on any atom is 0.410 e. The highest BCUT2D eigenvalue weighted by atomic mass is 16.6. The van der Waals surface area contributed by atoms with Gasteiger partial charge in [-0.15, -0.1) is 0 Å². The number of aromatic nitrogens is 3. The summed E-state index contributed by atoms with van der Waals surface area (Å²) in [7, 11) is 0. The minimum atomic E-state index is -0.508. The van der Waals surface area contributed by atoms with E-state index in [0.717, 1.165) is 54.6 Å². The van der Waals surface area contributed by atoms with Crippen molar-refractivity contribution >= 4 is 45.2 Å². The van der Waals surface area contributed by atoms with Gasteiger partial charge in [0.15, 0.2) is 0 Å². The molecule has 38 heavy (non-hydrogen) atoms. The Labute approximate surface area is 221 Å². The van der Waals surface area contributed by atoms with Gasteiger partial charge in [0, 0.05) is 43.6 Å². The Bertz CT molecular complexity index is 1590. The number of ether oxygens (including phenoxy) is 1. The van der Waals surface area contributed by atoms with Gasteiger partial charge in [-0.05, 0) is 70.4 Å². The molecule has 0 bridgehead atoms. The lowest BCUT2D eigenvalue weighted by molar-refractivity contribution is 0.0263. The maximum absolute atomic E-state index is 13.1. The number of carbonyl (C=O) groups is 1. The fourth-order valence-corrected chi connectivity index (χ4v) is 6.09. The largest absolute Gasteiger partial charge is 0.444 e. The third-order valence-electron chi connectivity index (χ3n) is 7.81. The molecule has 2 aromatic heterocycles. The first-order valence-electron chi connectivity index (χ1n) is 13.7. The molecule has 1 saturated heterocycles. The van der Waals surface area contributed by atoms with E-state index in [1.54, 1.807) is 6.07 Å². The van der Waals surface area contributed by atoms with Crippen LogP contribution in [0.3, 0.4) is 0 Å². The highest BCUT2D eigenvalue weighted by molar-refractivity contribution is 5.95. The van der Waals surface area contributed by atoms with E-state index in [1.807, 2.05) is 37.8 Å². The number of nitrogen functional groups attached to an aromatic ring is 1. The molecule has 9 heteroatoms. The van der Waals surface area contributed by atoms with Crippen LogP contribution in [0.25, 0.3) is 27.7 Å². The van der Waals surface area contributed by atoms with Crippen LogP contribution in [0.2, 0.25) is 0 Å². The molecule has 9 nitrogen and oxygen atoms in total. The summed E-state index contributed by atoms with van der Waals surface area (Å²) < 4.78 is 9.98. The highest BCUT2D eigenvalue weighted by Crippen LogP contribution is 2.37. The fourth-order valence-electron chi connectivity index (χ4n) is 6.09. The number of nitrogens with two attached hydrogens (primary N) is 1. The van der Waals surface area contributed by atoms with Crippen molar-refractivity contribution in [1.82, 2.24) is 18.9 Å². The number of hydrogen-bond donors (Lipinski definition) is 1. The number of benzene rings is 2. The van der Waals surface area contributed by atoms with Crippen molar-refractivity contribution < 1.29 is 9.53 Å². The molecule has 3 heterocycles. The van der Waals surface area contributed by atoms with E-state index in [1.165, 1.54) is 12.8 Å². The molecule has 4 aromatic rings. The molecule has 0 radical (unpaired) electrons. The Morgan fingerprint density at radius 2 is 1.76 bits per heavy atom. The SMILES string of the molecule is CC(C)(C)OC(=O)N1CCCN(c2ccc3c(c2)n(C2CCCC2)c2nc(=O)c4c(N)cccc4n32)CC1. The van der Waals surface area contributed by atoms with Crippen molar-refractivity contribution in [3.8, 4) is 0 Å². The molecule has 1 aliphatic carbocycles. The predicted octanol–water partition coefficient (Wildman–Crippen LogP) is 4.95. The number of amides is 1. The lowest BCUT2D eigenvalue weighted by Gasteiger charge is -2.27. The molecule has 2 aliphatic rings. The van der Waals surface area contributed by atoms with E-state index < -0.39 is 5.60 Å². The van der Waals surface area contributed by atoms with E-state index in [0.29, 0.717) is 36.0 Å². The average Bonchev–Trinajstić information content (AvgIpc) is 3.40. The standard InChI is InChI=1S/C29H36N6O3/c1-29(2,3)38-28(37)33-15-7-14-32(16-17-33)20-12-13-22-24(18-20)34(19-8-4-5-9-19)27-31-26(36)25-21(30)10-6-11-23(25)35(22)27/h6,10-13,18-19H,4-5,7-9,14-17,30H2,1-3H3. The van der Waals surface area contributed by atoms with Crippen LogP contribution in [0.1, 0.15) is 58.9 Å². The van der Waals surface area contributed by atoms with Crippen molar-refractivity contribution in [3.05, 3.63) is 46.8 Å². The van der Waals surface area contributed by atoms with Crippen molar-refractivity contribution in [2.75, 3.05) is 36.8 Å². The van der Waals surface area contributed by atoms with Gasteiger partial charge in [-0.1, -0.05) is 18.9 Å². The van der Waals surface area contributed by atoms with Gasteiger partial charge in [-0.2, -0.15) is 4.98 Å². The normalized spacial score (nSPS) is 17.6. The van der Waals surface area contributed by atoms with Crippen LogP contribution in [-0.4, -0.2) is 56.7 Å². The maximum atomic E-state index is 13.1. The molecule has 2 fully saturated rings. The topological polar surface area (TPSA) is 98.1 Å². The average molecular weight is 517 g/mol. The van der Waals surface area contributed by atoms with Crippen LogP contribution < -0.4 is 16.2 Å². The molecule has 1 saturated carbocycles. The monoisotopic (exact) mass is 516 g/mol. The first-order valence-corrected chi connectivity index (χ1v) is 13.7. The molecule has 200 valence electrons. The molecule has 0 unspecified atom stereocenters. The van der Waals surface area contributed by atoms with E-state index in [4.69, 9.17) is 10.5 Å². The number of hydrogen-bond acceptors (Lipinski definition) is 6. The van der Waals surface area contributed by atoms with Gasteiger partial charge < -0.3 is 24.8 Å². The summed E-state index contributed by atoms with van der Waals surface area (Å²) in [4.78, 5) is 34.5. The highest BCUT2D eigenvalue weighted by Gasteiger charge is 2.27. The zero-order chi connectivity index (χ0) is 26.6. The van der Waals surface area contributed by atoms with Crippen molar-refractivity contribution in [2.45, 2.75) is 64.5 Å². The third-order valence-corrected chi connectivity index (χ3v) is 7.81. The first kappa shape index (κ1) is 24.6. The molecule has 1 aliphatic heterocycles. The quantitative estimate of drug-likeness (QED) is 0.379. The predicted molar refractivity (Wildman–Crippen MR) is 151 cm³/mol. The lowest BCUT2D eigenvalue weighted by Crippen LogP contribution is -2.39. The number of anilines is 2. The smallest absolute Gasteiger partial charge is 0.410 e. The second-order valence-corrected chi connectivity index (χ2v) is 11.6. The van der Waals surface area contributed by atoms with E-state index >= 15 is 0 Å². The van der Waals surface area contributed by atoms with E-state index in [2.05, 4.69) is 37.1 Å². The summed E-state index contributed by atoms with van der Waals surface area (Å²) in [6.45, 7) is 8.55. The zero-order valence-corrected chi connectivity index (χ0v) is 22.4. The molecule has 1 amide bonds. The minimum Gasteiger partial charge on any atom is -0.444 e. The molecular weight excluding hydrogens is 480 g/mol. The zero-order valence-electron chi connectivity index (χ0n) is 22.4. The van der Waals surface area contributed by atoms with Gasteiger partial charge in [-0.3, -0.25) is 9.20 Å². The van der Waals surface area contributed by atoms with Crippen LogP contribution in [0.5, 0.6) is 0 Å². The first-order chi connectivity index (χ1) is 18.2. The summed E-state index contributed by atoms with van der Waals surface area (Å²) in [5, 5.41) is 0.467. The van der Waals surface area contributed by atoms with Crippen LogP contribution in [0.4, 0.5) is 16.2 Å². The third kappa shape index (κ3) is 4.23. The molecule has 2 aromatic carbocycles. The summed E-state index contributed by atoms with van der Waals surface area (Å²) in [6, 6.07) is 12.4. The molecule has 0 spiro atoms. The van der Waals surface area contributed by atoms with Gasteiger partial charge in [0.1, 0.15) is 5.60 Å². The Balaban J connectivity index is 1.44. The summed E-state index contributed by atoms with van der Waals surface area (Å²) in [5.74, 6) is 0.680. The number of fused-ring (bicyclic) bond motifs is 5. The molecule has 0 atom stereocenters. The fraction of sp³-hybridized carbons (Fsp3) is 0.483. The van der Waals surface area contributed by atoms with E-state index in [9.17, 15) is 9.59 Å². The number of nitrogens with zero attached hydrogens (tertiary/aromatic N) is 5. The van der Waals surface area contributed by atoms with Crippen molar-refractivity contribution in [3.63, 3.8) is 0 Å². The van der Waals surface area contributed by atoms with Gasteiger partial charge in [0.2, 0.25) is 5.78 Å². The van der Waals surface area contributed by atoms with Crippen LogP contribution >= 0.6 is 0 Å². The van der Waals surface area contributed by atoms with Crippen molar-refractivity contribution in [2.24, 2.45) is 0 Å². The van der Waals surface area contributed by atoms with Gasteiger partial charge in [0.05, 0.1) is 21.9 Å². The van der Waals surface area contributed by atoms with Gasteiger partial charge in [0.25, 0.3) is 5.56 Å². The molecule has 6 rings (SSSR count). The van der Waals surface area contributed by atoms with Crippen LogP contribution in [0.15, 0.2) is 41.2 Å². The van der Waals surface area contributed by atoms with Gasteiger partial charge >= 0.3 is 6.09 Å². The Morgan fingerprint density at radius 1 is 0.974 bits per heavy atom. The number of rotatable bonds is 2.